The van der Waals surface area contributed by atoms with E-state index in [4.69, 9.17) is 11.6 Å². The molecule has 0 saturated carbocycles. The van der Waals surface area contributed by atoms with Crippen LogP contribution < -0.4 is 4.72 Å². The Morgan fingerprint density at radius 1 is 1.13 bits per heavy atom. The molecule has 0 atom stereocenters. The summed E-state index contributed by atoms with van der Waals surface area (Å²) in [6.45, 7) is 3.88. The molecule has 0 aliphatic heterocycles. The first-order chi connectivity index (χ1) is 10.9. The molecule has 3 rings (SSSR count). The Kier molecular flexibility index (Phi) is 4.18. The molecule has 2 N–H and O–H groups in total. The molecular formula is C15H14ClN3O2S2. The fraction of sp³-hybridized carbons (Fsp3) is 0.133. The summed E-state index contributed by atoms with van der Waals surface area (Å²) in [4.78, 5) is 0.809. The van der Waals surface area contributed by atoms with Gasteiger partial charge in [-0.2, -0.15) is 5.10 Å². The van der Waals surface area contributed by atoms with Crippen molar-refractivity contribution in [3.05, 3.63) is 52.7 Å². The number of thiophene rings is 1. The normalized spacial score (nSPS) is 11.6. The Hall–Kier alpha value is -1.83. The molecule has 23 heavy (non-hydrogen) atoms. The molecule has 1 aromatic carbocycles. The van der Waals surface area contributed by atoms with E-state index in [1.807, 2.05) is 13.8 Å². The highest BCUT2D eigenvalue weighted by Gasteiger charge is 2.19. The topological polar surface area (TPSA) is 74.8 Å². The third-order valence-corrected chi connectivity index (χ3v) is 6.65. The van der Waals surface area contributed by atoms with Crippen LogP contribution in [0, 0.1) is 13.8 Å². The number of rotatable bonds is 4. The van der Waals surface area contributed by atoms with E-state index in [1.165, 1.54) is 11.3 Å². The lowest BCUT2D eigenvalue weighted by Crippen LogP contribution is -2.11. The first kappa shape index (κ1) is 16.0. The minimum absolute atomic E-state index is 0.238. The molecule has 0 radical (unpaired) electrons. The highest BCUT2D eigenvalue weighted by molar-refractivity contribution is 7.94. The van der Waals surface area contributed by atoms with E-state index in [2.05, 4.69) is 14.9 Å². The maximum absolute atomic E-state index is 12.5. The minimum atomic E-state index is -3.63. The molecule has 2 aromatic heterocycles. The second kappa shape index (κ2) is 5.99. The molecule has 0 amide bonds. The van der Waals surface area contributed by atoms with E-state index in [-0.39, 0.29) is 4.21 Å². The van der Waals surface area contributed by atoms with E-state index in [0.29, 0.717) is 10.7 Å². The lowest BCUT2D eigenvalue weighted by molar-refractivity contribution is 0.603. The first-order valence-electron chi connectivity index (χ1n) is 6.77. The zero-order valence-electron chi connectivity index (χ0n) is 12.4. The molecule has 0 fully saturated rings. The molecule has 2 heterocycles. The molecular weight excluding hydrogens is 354 g/mol. The summed E-state index contributed by atoms with van der Waals surface area (Å²) in [7, 11) is -3.63. The smallest absolute Gasteiger partial charge is 0.271 e. The van der Waals surface area contributed by atoms with Gasteiger partial charge >= 0.3 is 0 Å². The van der Waals surface area contributed by atoms with Crippen molar-refractivity contribution >= 4 is 38.6 Å². The Bertz CT molecular complexity index is 944. The van der Waals surface area contributed by atoms with Crippen LogP contribution in [-0.2, 0) is 10.0 Å². The number of anilines is 1. The fourth-order valence-electron chi connectivity index (χ4n) is 2.04. The molecule has 0 aliphatic rings. The van der Waals surface area contributed by atoms with Crippen molar-refractivity contribution in [1.82, 2.24) is 10.2 Å². The molecule has 0 unspecified atom stereocenters. The molecule has 0 saturated heterocycles. The van der Waals surface area contributed by atoms with E-state index in [1.54, 1.807) is 36.4 Å². The number of halogens is 1. The van der Waals surface area contributed by atoms with Crippen LogP contribution >= 0.6 is 22.9 Å². The monoisotopic (exact) mass is 367 g/mol. The van der Waals surface area contributed by atoms with Crippen molar-refractivity contribution in [2.75, 3.05) is 4.72 Å². The van der Waals surface area contributed by atoms with Gasteiger partial charge in [0.25, 0.3) is 10.0 Å². The number of aryl methyl sites for hydroxylation is 1. The van der Waals surface area contributed by atoms with E-state index in [0.717, 1.165) is 21.8 Å². The van der Waals surface area contributed by atoms with Gasteiger partial charge in [-0.05, 0) is 55.8 Å². The summed E-state index contributed by atoms with van der Waals surface area (Å²) in [5.41, 5.74) is 3.23. The molecule has 8 heteroatoms. The Morgan fingerprint density at radius 3 is 2.43 bits per heavy atom. The summed E-state index contributed by atoms with van der Waals surface area (Å²) >= 11 is 6.99. The van der Waals surface area contributed by atoms with Crippen LogP contribution in [0.3, 0.4) is 0 Å². The number of benzene rings is 1. The van der Waals surface area contributed by atoms with Gasteiger partial charge in [-0.1, -0.05) is 11.6 Å². The number of H-pyrrole nitrogens is 1. The fourth-order valence-corrected chi connectivity index (χ4v) is 4.58. The Morgan fingerprint density at radius 2 is 1.83 bits per heavy atom. The molecule has 0 bridgehead atoms. The zero-order valence-corrected chi connectivity index (χ0v) is 14.8. The van der Waals surface area contributed by atoms with Crippen molar-refractivity contribution in [2.45, 2.75) is 18.1 Å². The van der Waals surface area contributed by atoms with Gasteiger partial charge in [-0.25, -0.2) is 8.42 Å². The van der Waals surface area contributed by atoms with Gasteiger partial charge < -0.3 is 0 Å². The zero-order chi connectivity index (χ0) is 16.6. The van der Waals surface area contributed by atoms with Gasteiger partial charge in [0.1, 0.15) is 9.90 Å². The van der Waals surface area contributed by atoms with Crippen molar-refractivity contribution < 1.29 is 8.42 Å². The maximum atomic E-state index is 12.5. The Balaban J connectivity index is 1.89. The molecule has 5 nitrogen and oxygen atoms in total. The average molecular weight is 368 g/mol. The third kappa shape index (κ3) is 3.26. The van der Waals surface area contributed by atoms with Crippen LogP contribution in [0.1, 0.15) is 11.3 Å². The van der Waals surface area contributed by atoms with Crippen LogP contribution in [0.25, 0.3) is 10.6 Å². The number of sulfonamides is 1. The summed E-state index contributed by atoms with van der Waals surface area (Å²) in [5, 5.41) is 7.69. The van der Waals surface area contributed by atoms with Gasteiger partial charge in [-0.3, -0.25) is 9.82 Å². The SMILES string of the molecule is Cc1[nH]nc(-c2ccc(S(=O)(=O)Nc3ccc(Cl)cc3)s2)c1C. The summed E-state index contributed by atoms with van der Waals surface area (Å²) in [5.74, 6) is 0. The van der Waals surface area contributed by atoms with Gasteiger partial charge in [0.2, 0.25) is 0 Å². The summed E-state index contributed by atoms with van der Waals surface area (Å²) in [6, 6.07) is 9.86. The number of nitrogens with zero attached hydrogens (tertiary/aromatic N) is 1. The highest BCUT2D eigenvalue weighted by atomic mass is 35.5. The number of aromatic nitrogens is 2. The first-order valence-corrected chi connectivity index (χ1v) is 9.45. The summed E-state index contributed by atoms with van der Waals surface area (Å²) in [6.07, 6.45) is 0. The van der Waals surface area contributed by atoms with Crippen LogP contribution in [0.4, 0.5) is 5.69 Å². The maximum Gasteiger partial charge on any atom is 0.271 e. The molecule has 0 aliphatic carbocycles. The number of aromatic amines is 1. The largest absolute Gasteiger partial charge is 0.282 e. The quantitative estimate of drug-likeness (QED) is 0.725. The molecule has 120 valence electrons. The van der Waals surface area contributed by atoms with Crippen molar-refractivity contribution in [3.8, 4) is 10.6 Å². The van der Waals surface area contributed by atoms with Crippen LogP contribution in [0.15, 0.2) is 40.6 Å². The average Bonchev–Trinajstić information content (AvgIpc) is 3.10. The standard InChI is InChI=1S/C15H14ClN3O2S2/c1-9-10(2)17-18-15(9)13-7-8-14(22-13)23(20,21)19-12-5-3-11(16)4-6-12/h3-8,19H,1-2H3,(H,17,18). The summed E-state index contributed by atoms with van der Waals surface area (Å²) < 4.78 is 27.7. The van der Waals surface area contributed by atoms with Crippen molar-refractivity contribution in [2.24, 2.45) is 0 Å². The van der Waals surface area contributed by atoms with Crippen LogP contribution in [0.5, 0.6) is 0 Å². The minimum Gasteiger partial charge on any atom is -0.282 e. The predicted molar refractivity (Wildman–Crippen MR) is 93.6 cm³/mol. The van der Waals surface area contributed by atoms with Gasteiger partial charge in [0.15, 0.2) is 0 Å². The van der Waals surface area contributed by atoms with Crippen molar-refractivity contribution in [1.29, 1.82) is 0 Å². The lowest BCUT2D eigenvalue weighted by atomic mass is 10.2. The molecule has 3 aromatic rings. The number of hydrogen-bond acceptors (Lipinski definition) is 4. The lowest BCUT2D eigenvalue weighted by Gasteiger charge is -2.05. The third-order valence-electron chi connectivity index (χ3n) is 3.43. The van der Waals surface area contributed by atoms with Crippen LogP contribution in [-0.4, -0.2) is 18.6 Å². The predicted octanol–water partition coefficient (Wildman–Crippen LogP) is 4.21. The highest BCUT2D eigenvalue weighted by Crippen LogP contribution is 2.33. The van der Waals surface area contributed by atoms with E-state index in [9.17, 15) is 8.42 Å². The Labute approximate surface area is 143 Å². The number of nitrogens with one attached hydrogen (secondary N) is 2. The second-order valence-corrected chi connectivity index (χ2v) is 8.48. The van der Waals surface area contributed by atoms with Crippen molar-refractivity contribution in [3.63, 3.8) is 0 Å². The van der Waals surface area contributed by atoms with Crippen LogP contribution in [0.2, 0.25) is 5.02 Å². The van der Waals surface area contributed by atoms with Gasteiger partial charge in [0.05, 0.1) is 4.88 Å². The van der Waals surface area contributed by atoms with E-state index >= 15 is 0 Å². The van der Waals surface area contributed by atoms with Gasteiger partial charge in [0, 0.05) is 16.4 Å². The van der Waals surface area contributed by atoms with Gasteiger partial charge in [-0.15, -0.1) is 11.3 Å². The second-order valence-electron chi connectivity index (χ2n) is 5.05. The molecule has 0 spiro atoms. The van der Waals surface area contributed by atoms with E-state index < -0.39 is 10.0 Å². The number of hydrogen-bond donors (Lipinski definition) is 2.